The molecule has 0 amide bonds. The third-order valence-corrected chi connectivity index (χ3v) is 6.33. The van der Waals surface area contributed by atoms with Crippen molar-refractivity contribution in [2.24, 2.45) is 5.92 Å². The molecule has 0 saturated heterocycles. The van der Waals surface area contributed by atoms with Gasteiger partial charge in [0.15, 0.2) is 16.6 Å². The molecule has 2 aromatic heterocycles. The highest BCUT2D eigenvalue weighted by Crippen LogP contribution is 2.28. The van der Waals surface area contributed by atoms with Gasteiger partial charge in [-0.2, -0.15) is 0 Å². The Morgan fingerprint density at radius 1 is 1.30 bits per heavy atom. The molecule has 0 N–H and O–H groups in total. The molecule has 8 heteroatoms. The molecule has 7 nitrogen and oxygen atoms in total. The molecule has 148 valence electrons. The largest absolute Gasteiger partial charge is 0.449 e. The highest BCUT2D eigenvalue weighted by molar-refractivity contribution is 7.91. The summed E-state index contributed by atoms with van der Waals surface area (Å²) in [4.78, 5) is 19.7. The van der Waals surface area contributed by atoms with E-state index >= 15 is 0 Å². The van der Waals surface area contributed by atoms with Crippen molar-refractivity contribution in [3.63, 3.8) is 0 Å². The highest BCUT2D eigenvalue weighted by atomic mass is 32.2. The average Bonchev–Trinajstić information content (AvgIpc) is 2.98. The third-order valence-electron chi connectivity index (χ3n) is 5.07. The fourth-order valence-electron chi connectivity index (χ4n) is 3.72. The number of rotatable bonds is 7. The number of ether oxygens (including phenoxy) is 1. The Balaban J connectivity index is 1.93. The standard InChI is InChI=1S/C19H27N3O4S/c1-3-7-16-10-17-19(22(16)12-15-8-5-4-6-9-15)20-11-18(21-17)27(24,25)13-26-14(2)23/h10-11,15H,3-9,12-13H2,1-2H3. The molecular weight excluding hydrogens is 366 g/mol. The van der Waals surface area contributed by atoms with Crippen molar-refractivity contribution in [1.82, 2.24) is 14.5 Å². The van der Waals surface area contributed by atoms with E-state index in [0.717, 1.165) is 30.7 Å². The summed E-state index contributed by atoms with van der Waals surface area (Å²) in [6.07, 6.45) is 9.50. The van der Waals surface area contributed by atoms with Crippen LogP contribution in [0.5, 0.6) is 0 Å². The number of carbonyl (C=O) groups is 1. The number of hydrogen-bond donors (Lipinski definition) is 0. The summed E-state index contributed by atoms with van der Waals surface area (Å²) in [5.41, 5.74) is 2.46. The molecule has 3 rings (SSSR count). The van der Waals surface area contributed by atoms with Gasteiger partial charge in [-0.05, 0) is 31.2 Å². The molecule has 0 spiro atoms. The lowest BCUT2D eigenvalue weighted by atomic mass is 9.89. The Labute approximate surface area is 160 Å². The Kier molecular flexibility index (Phi) is 6.14. The monoisotopic (exact) mass is 393 g/mol. The lowest BCUT2D eigenvalue weighted by molar-refractivity contribution is -0.138. The maximum atomic E-state index is 12.3. The van der Waals surface area contributed by atoms with Gasteiger partial charge in [-0.15, -0.1) is 0 Å². The zero-order valence-electron chi connectivity index (χ0n) is 16.0. The van der Waals surface area contributed by atoms with Crippen LogP contribution in [-0.2, 0) is 32.3 Å². The Morgan fingerprint density at radius 3 is 2.70 bits per heavy atom. The first-order valence-electron chi connectivity index (χ1n) is 9.62. The van der Waals surface area contributed by atoms with Gasteiger partial charge in [0.2, 0.25) is 9.84 Å². The topological polar surface area (TPSA) is 91.2 Å². The maximum Gasteiger partial charge on any atom is 0.303 e. The van der Waals surface area contributed by atoms with Gasteiger partial charge in [0.05, 0.1) is 6.20 Å². The van der Waals surface area contributed by atoms with E-state index in [9.17, 15) is 13.2 Å². The zero-order valence-corrected chi connectivity index (χ0v) is 16.8. The number of sulfone groups is 1. The van der Waals surface area contributed by atoms with Crippen LogP contribution in [0.25, 0.3) is 11.2 Å². The molecule has 0 radical (unpaired) electrons. The molecule has 0 bridgehead atoms. The number of aromatic nitrogens is 3. The van der Waals surface area contributed by atoms with E-state index < -0.39 is 21.7 Å². The first kappa shape index (κ1) is 19.8. The Morgan fingerprint density at radius 2 is 2.04 bits per heavy atom. The number of hydrogen-bond acceptors (Lipinski definition) is 6. The van der Waals surface area contributed by atoms with Gasteiger partial charge in [-0.25, -0.2) is 18.4 Å². The van der Waals surface area contributed by atoms with Crippen molar-refractivity contribution >= 4 is 27.0 Å². The van der Waals surface area contributed by atoms with Gasteiger partial charge in [-0.3, -0.25) is 4.79 Å². The van der Waals surface area contributed by atoms with E-state index in [4.69, 9.17) is 0 Å². The minimum Gasteiger partial charge on any atom is -0.449 e. The summed E-state index contributed by atoms with van der Waals surface area (Å²) in [6.45, 7) is 4.21. The first-order valence-corrected chi connectivity index (χ1v) is 11.3. The van der Waals surface area contributed by atoms with Gasteiger partial charge in [0.25, 0.3) is 0 Å². The lowest BCUT2D eigenvalue weighted by Gasteiger charge is -2.23. The maximum absolute atomic E-state index is 12.3. The van der Waals surface area contributed by atoms with E-state index in [1.54, 1.807) is 0 Å². The van der Waals surface area contributed by atoms with E-state index in [1.165, 1.54) is 45.2 Å². The number of carbonyl (C=O) groups excluding carboxylic acids is 1. The summed E-state index contributed by atoms with van der Waals surface area (Å²) < 4.78 is 31.5. The predicted octanol–water partition coefficient (Wildman–Crippen LogP) is 3.26. The second-order valence-corrected chi connectivity index (χ2v) is 9.17. The molecule has 1 fully saturated rings. The van der Waals surface area contributed by atoms with Crippen molar-refractivity contribution in [2.75, 3.05) is 5.94 Å². The Hall–Kier alpha value is -1.96. The van der Waals surface area contributed by atoms with Crippen molar-refractivity contribution in [3.05, 3.63) is 18.0 Å². The van der Waals surface area contributed by atoms with Gasteiger partial charge in [0, 0.05) is 19.2 Å². The molecule has 2 aromatic rings. The zero-order chi connectivity index (χ0) is 19.4. The van der Waals surface area contributed by atoms with Crippen molar-refractivity contribution in [2.45, 2.75) is 70.4 Å². The van der Waals surface area contributed by atoms with Crippen molar-refractivity contribution < 1.29 is 17.9 Å². The van der Waals surface area contributed by atoms with Gasteiger partial charge in [0.1, 0.15) is 5.52 Å². The van der Waals surface area contributed by atoms with Crippen LogP contribution in [-0.4, -0.2) is 34.9 Å². The molecule has 1 aliphatic rings. The van der Waals surface area contributed by atoms with Crippen LogP contribution in [0.4, 0.5) is 0 Å². The average molecular weight is 394 g/mol. The minimum atomic E-state index is -3.82. The van der Waals surface area contributed by atoms with E-state index in [1.807, 2.05) is 6.07 Å². The molecule has 27 heavy (non-hydrogen) atoms. The third kappa shape index (κ3) is 4.66. The second kappa shape index (κ2) is 8.37. The lowest BCUT2D eigenvalue weighted by Crippen LogP contribution is -2.17. The van der Waals surface area contributed by atoms with Crippen LogP contribution in [0.3, 0.4) is 0 Å². The highest BCUT2D eigenvalue weighted by Gasteiger charge is 2.22. The van der Waals surface area contributed by atoms with E-state index in [2.05, 4.69) is 26.2 Å². The number of nitrogens with zero attached hydrogens (tertiary/aromatic N) is 3. The summed E-state index contributed by atoms with van der Waals surface area (Å²) in [5, 5.41) is -0.158. The molecule has 0 unspecified atom stereocenters. The van der Waals surface area contributed by atoms with Crippen LogP contribution in [0.15, 0.2) is 17.3 Å². The SMILES string of the molecule is CCCc1cc2nc(S(=O)(=O)COC(C)=O)cnc2n1CC1CCCCC1. The van der Waals surface area contributed by atoms with E-state index in [-0.39, 0.29) is 5.03 Å². The molecular formula is C19H27N3O4S. The van der Waals surface area contributed by atoms with Crippen LogP contribution in [0, 0.1) is 5.92 Å². The quantitative estimate of drug-likeness (QED) is 0.671. The van der Waals surface area contributed by atoms with Gasteiger partial charge < -0.3 is 9.30 Å². The van der Waals surface area contributed by atoms with Crippen LogP contribution in [0.2, 0.25) is 0 Å². The van der Waals surface area contributed by atoms with Gasteiger partial charge >= 0.3 is 5.97 Å². The second-order valence-electron chi connectivity index (χ2n) is 7.29. The van der Waals surface area contributed by atoms with Crippen LogP contribution >= 0.6 is 0 Å². The summed E-state index contributed by atoms with van der Waals surface area (Å²) in [7, 11) is -3.82. The Bertz CT molecular complexity index is 914. The fraction of sp³-hybridized carbons (Fsp3) is 0.632. The van der Waals surface area contributed by atoms with Crippen molar-refractivity contribution in [3.8, 4) is 0 Å². The predicted molar refractivity (Wildman–Crippen MR) is 102 cm³/mol. The molecule has 0 aromatic carbocycles. The van der Waals surface area contributed by atoms with Crippen LogP contribution in [0.1, 0.15) is 58.1 Å². The molecule has 0 aliphatic heterocycles. The summed E-state index contributed by atoms with van der Waals surface area (Å²) in [6, 6.07) is 1.94. The van der Waals surface area contributed by atoms with Gasteiger partial charge in [-0.1, -0.05) is 32.6 Å². The molecule has 1 saturated carbocycles. The van der Waals surface area contributed by atoms with Crippen LogP contribution < -0.4 is 0 Å². The molecule has 2 heterocycles. The number of esters is 1. The summed E-state index contributed by atoms with van der Waals surface area (Å²) in [5.74, 6) is -0.719. The number of aryl methyl sites for hydroxylation is 1. The molecule has 1 aliphatic carbocycles. The number of fused-ring (bicyclic) bond motifs is 1. The smallest absolute Gasteiger partial charge is 0.303 e. The first-order chi connectivity index (χ1) is 12.9. The van der Waals surface area contributed by atoms with Crippen molar-refractivity contribution in [1.29, 1.82) is 0 Å². The van der Waals surface area contributed by atoms with E-state index in [0.29, 0.717) is 11.4 Å². The molecule has 0 atom stereocenters. The fourth-order valence-corrected chi connectivity index (χ4v) is 4.61. The normalized spacial score (nSPS) is 15.9. The summed E-state index contributed by atoms with van der Waals surface area (Å²) >= 11 is 0. The minimum absolute atomic E-state index is 0.158.